The van der Waals surface area contributed by atoms with Crippen LogP contribution >= 0.6 is 0 Å². The Morgan fingerprint density at radius 3 is 2.41 bits per heavy atom. The summed E-state index contributed by atoms with van der Waals surface area (Å²) in [5.41, 5.74) is 0.561. The van der Waals surface area contributed by atoms with Gasteiger partial charge < -0.3 is 10.6 Å². The maximum Gasteiger partial charge on any atom is 0.224 e. The van der Waals surface area contributed by atoms with E-state index >= 15 is 0 Å². The van der Waals surface area contributed by atoms with Crippen molar-refractivity contribution in [3.8, 4) is 0 Å². The van der Waals surface area contributed by atoms with Gasteiger partial charge in [-0.25, -0.2) is 4.39 Å². The lowest BCUT2D eigenvalue weighted by Crippen LogP contribution is -2.12. The molecule has 122 valence electrons. The summed E-state index contributed by atoms with van der Waals surface area (Å²) in [6.07, 6.45) is 7.19. The van der Waals surface area contributed by atoms with E-state index in [-0.39, 0.29) is 17.5 Å². The third-order valence-corrected chi connectivity index (χ3v) is 3.32. The predicted octanol–water partition coefficient (Wildman–Crippen LogP) is 4.47. The normalized spacial score (nSPS) is 10.3. The fraction of sp³-hybridized carbons (Fsp3) is 0.529. The molecule has 0 fully saturated rings. The number of rotatable bonds is 9. The number of unbranched alkanes of at least 4 members (excludes halogenated alkanes) is 5. The van der Waals surface area contributed by atoms with Gasteiger partial charge in [0, 0.05) is 19.0 Å². The second kappa shape index (κ2) is 9.92. The van der Waals surface area contributed by atoms with Crippen LogP contribution < -0.4 is 10.6 Å². The molecule has 2 N–H and O–H groups in total. The Kier molecular flexibility index (Phi) is 8.18. The van der Waals surface area contributed by atoms with Crippen LogP contribution in [0.15, 0.2) is 18.2 Å². The smallest absolute Gasteiger partial charge is 0.224 e. The lowest BCUT2D eigenvalue weighted by atomic mass is 10.1. The van der Waals surface area contributed by atoms with Crippen molar-refractivity contribution in [2.24, 2.45) is 0 Å². The van der Waals surface area contributed by atoms with Crippen molar-refractivity contribution in [2.75, 3.05) is 10.6 Å². The molecule has 1 aromatic carbocycles. The van der Waals surface area contributed by atoms with Gasteiger partial charge in [0.15, 0.2) is 0 Å². The van der Waals surface area contributed by atoms with E-state index in [4.69, 9.17) is 0 Å². The van der Waals surface area contributed by atoms with Gasteiger partial charge in [0.05, 0.1) is 5.69 Å². The third kappa shape index (κ3) is 7.20. The fourth-order valence-electron chi connectivity index (χ4n) is 2.18. The van der Waals surface area contributed by atoms with Crippen LogP contribution in [0, 0.1) is 5.82 Å². The number of carbonyl (C=O) groups excluding carboxylic acids is 2. The molecule has 4 nitrogen and oxygen atoms in total. The second-order valence-corrected chi connectivity index (χ2v) is 5.44. The van der Waals surface area contributed by atoms with E-state index in [0.717, 1.165) is 19.3 Å². The first-order valence-corrected chi connectivity index (χ1v) is 7.90. The predicted molar refractivity (Wildman–Crippen MR) is 87.3 cm³/mol. The molecule has 0 saturated carbocycles. The Morgan fingerprint density at radius 2 is 1.73 bits per heavy atom. The topological polar surface area (TPSA) is 58.2 Å². The maximum atomic E-state index is 13.5. The van der Waals surface area contributed by atoms with Crippen molar-refractivity contribution >= 4 is 23.2 Å². The van der Waals surface area contributed by atoms with E-state index in [1.54, 1.807) is 0 Å². The number of halogens is 1. The minimum absolute atomic E-state index is 0.0739. The Bertz CT molecular complexity index is 503. The molecule has 0 aromatic heterocycles. The zero-order valence-electron chi connectivity index (χ0n) is 13.4. The third-order valence-electron chi connectivity index (χ3n) is 3.32. The summed E-state index contributed by atoms with van der Waals surface area (Å²) < 4.78 is 13.5. The van der Waals surface area contributed by atoms with Gasteiger partial charge in [0.25, 0.3) is 0 Å². The molecule has 1 aromatic rings. The molecule has 0 aliphatic rings. The number of nitrogens with one attached hydrogen (secondary N) is 2. The molecule has 0 aliphatic heterocycles. The maximum absolute atomic E-state index is 13.5. The number of amides is 2. The average molecular weight is 308 g/mol. The molecule has 0 heterocycles. The minimum atomic E-state index is -0.524. The van der Waals surface area contributed by atoms with Gasteiger partial charge in [-0.1, -0.05) is 39.0 Å². The Labute approximate surface area is 131 Å². The molecular formula is C17H25FN2O2. The van der Waals surface area contributed by atoms with E-state index in [9.17, 15) is 14.0 Å². The number of benzene rings is 1. The lowest BCUT2D eigenvalue weighted by Gasteiger charge is -2.09. The van der Waals surface area contributed by atoms with Gasteiger partial charge in [-0.15, -0.1) is 0 Å². The molecule has 0 atom stereocenters. The Morgan fingerprint density at radius 1 is 1.05 bits per heavy atom. The SMILES string of the molecule is CCCCCCCCC(=O)Nc1ccc(F)c(NC(C)=O)c1. The zero-order valence-corrected chi connectivity index (χ0v) is 13.4. The van der Waals surface area contributed by atoms with E-state index < -0.39 is 5.82 Å². The van der Waals surface area contributed by atoms with Crippen LogP contribution in [0.2, 0.25) is 0 Å². The van der Waals surface area contributed by atoms with Crippen molar-refractivity contribution < 1.29 is 14.0 Å². The highest BCUT2D eigenvalue weighted by atomic mass is 19.1. The van der Waals surface area contributed by atoms with Crippen LogP contribution in [-0.2, 0) is 9.59 Å². The highest BCUT2D eigenvalue weighted by Gasteiger charge is 2.07. The first-order chi connectivity index (χ1) is 10.5. The van der Waals surface area contributed by atoms with Crippen LogP contribution in [0.4, 0.5) is 15.8 Å². The summed E-state index contributed by atoms with van der Waals surface area (Å²) in [5, 5.41) is 5.12. The molecule has 0 unspecified atom stereocenters. The standard InChI is InChI=1S/C17H25FN2O2/c1-3-4-5-6-7-8-9-17(22)20-14-10-11-15(18)16(12-14)19-13(2)21/h10-12H,3-9H2,1-2H3,(H,19,21)(H,20,22). The molecule has 0 radical (unpaired) electrons. The molecule has 0 aliphatic carbocycles. The fourth-order valence-corrected chi connectivity index (χ4v) is 2.18. The van der Waals surface area contributed by atoms with E-state index in [2.05, 4.69) is 17.6 Å². The zero-order chi connectivity index (χ0) is 16.4. The van der Waals surface area contributed by atoms with Gasteiger partial charge in [-0.3, -0.25) is 9.59 Å². The minimum Gasteiger partial charge on any atom is -0.326 e. The second-order valence-electron chi connectivity index (χ2n) is 5.44. The van der Waals surface area contributed by atoms with Gasteiger partial charge >= 0.3 is 0 Å². The first-order valence-electron chi connectivity index (χ1n) is 7.90. The number of anilines is 2. The van der Waals surface area contributed by atoms with Crippen molar-refractivity contribution in [3.05, 3.63) is 24.0 Å². The van der Waals surface area contributed by atoms with Gasteiger partial charge in [0.2, 0.25) is 11.8 Å². The highest BCUT2D eigenvalue weighted by Crippen LogP contribution is 2.20. The molecule has 0 bridgehead atoms. The van der Waals surface area contributed by atoms with Gasteiger partial charge in [-0.2, -0.15) is 0 Å². The molecule has 22 heavy (non-hydrogen) atoms. The Balaban J connectivity index is 2.39. The van der Waals surface area contributed by atoms with Crippen molar-refractivity contribution in [1.29, 1.82) is 0 Å². The monoisotopic (exact) mass is 308 g/mol. The molecule has 5 heteroatoms. The van der Waals surface area contributed by atoms with Crippen molar-refractivity contribution in [3.63, 3.8) is 0 Å². The summed E-state index contributed by atoms with van der Waals surface area (Å²) in [6, 6.07) is 4.14. The van der Waals surface area contributed by atoms with Gasteiger partial charge in [0.1, 0.15) is 5.82 Å². The van der Waals surface area contributed by atoms with Crippen LogP contribution in [0.1, 0.15) is 58.8 Å². The summed E-state index contributed by atoms with van der Waals surface area (Å²) in [5.74, 6) is -0.963. The molecule has 2 amide bonds. The van der Waals surface area contributed by atoms with Crippen LogP contribution in [-0.4, -0.2) is 11.8 Å². The van der Waals surface area contributed by atoms with Crippen LogP contribution in [0.5, 0.6) is 0 Å². The average Bonchev–Trinajstić information content (AvgIpc) is 2.46. The highest BCUT2D eigenvalue weighted by molar-refractivity contribution is 5.93. The number of carbonyl (C=O) groups is 2. The molecule has 1 rings (SSSR count). The number of hydrogen-bond acceptors (Lipinski definition) is 2. The summed E-state index contributed by atoms with van der Waals surface area (Å²) in [6.45, 7) is 3.48. The van der Waals surface area contributed by atoms with E-state index in [1.807, 2.05) is 0 Å². The van der Waals surface area contributed by atoms with E-state index in [1.165, 1.54) is 44.4 Å². The largest absolute Gasteiger partial charge is 0.326 e. The van der Waals surface area contributed by atoms with Crippen molar-refractivity contribution in [2.45, 2.75) is 58.8 Å². The molecule has 0 saturated heterocycles. The van der Waals surface area contributed by atoms with Crippen LogP contribution in [0.3, 0.4) is 0 Å². The molecular weight excluding hydrogens is 283 g/mol. The Hall–Kier alpha value is -1.91. The summed E-state index contributed by atoms with van der Waals surface area (Å²) in [4.78, 5) is 22.8. The van der Waals surface area contributed by atoms with Gasteiger partial charge in [-0.05, 0) is 24.6 Å². The van der Waals surface area contributed by atoms with Crippen molar-refractivity contribution in [1.82, 2.24) is 0 Å². The summed E-state index contributed by atoms with van der Waals surface area (Å²) in [7, 11) is 0. The lowest BCUT2D eigenvalue weighted by molar-refractivity contribution is -0.116. The summed E-state index contributed by atoms with van der Waals surface area (Å²) >= 11 is 0. The molecule has 0 spiro atoms. The van der Waals surface area contributed by atoms with E-state index in [0.29, 0.717) is 12.1 Å². The first kappa shape index (κ1) is 18.1. The van der Waals surface area contributed by atoms with Crippen LogP contribution in [0.25, 0.3) is 0 Å². The number of hydrogen-bond donors (Lipinski definition) is 2. The quantitative estimate of drug-likeness (QED) is 0.661.